The monoisotopic (exact) mass is 187 g/mol. The second-order valence-electron chi connectivity index (χ2n) is 3.46. The van der Waals surface area contributed by atoms with E-state index < -0.39 is 5.41 Å². The molecule has 14 heavy (non-hydrogen) atoms. The van der Waals surface area contributed by atoms with E-state index in [9.17, 15) is 9.59 Å². The van der Waals surface area contributed by atoms with Crippen LogP contribution in [0.15, 0.2) is 35.3 Å². The first-order valence-corrected chi connectivity index (χ1v) is 4.47. The second-order valence-corrected chi connectivity index (χ2v) is 3.46. The molecule has 0 heterocycles. The van der Waals surface area contributed by atoms with Crippen molar-refractivity contribution in [3.05, 3.63) is 35.9 Å². The van der Waals surface area contributed by atoms with Crippen LogP contribution in [0, 0.1) is 0 Å². The van der Waals surface area contributed by atoms with E-state index >= 15 is 0 Å². The Morgan fingerprint density at radius 1 is 1.29 bits per heavy atom. The Bertz CT molecular complexity index is 401. The number of carbonyl (C=O) groups excluding carboxylic acids is 2. The largest absolute Gasteiger partial charge is 0.271 e. The molecule has 1 aliphatic carbocycles. The molecule has 0 unspecified atom stereocenters. The van der Waals surface area contributed by atoms with Gasteiger partial charge in [-0.15, -0.1) is 4.99 Å². The van der Waals surface area contributed by atoms with Crippen molar-refractivity contribution in [1.82, 2.24) is 0 Å². The molecule has 1 fully saturated rings. The number of carbonyl (C=O) groups is 1. The SMILES string of the molecule is O=C=NC(=O)C1(c2ccccc2)CC1. The zero-order chi connectivity index (χ0) is 10.0. The van der Waals surface area contributed by atoms with Crippen molar-refractivity contribution in [1.29, 1.82) is 0 Å². The van der Waals surface area contributed by atoms with Crippen LogP contribution in [0.1, 0.15) is 18.4 Å². The molecule has 0 aliphatic heterocycles. The van der Waals surface area contributed by atoms with E-state index in [1.54, 1.807) is 0 Å². The summed E-state index contributed by atoms with van der Waals surface area (Å²) in [6.45, 7) is 0. The van der Waals surface area contributed by atoms with Gasteiger partial charge in [0.1, 0.15) is 0 Å². The highest BCUT2D eigenvalue weighted by molar-refractivity contribution is 5.94. The summed E-state index contributed by atoms with van der Waals surface area (Å²) in [5.74, 6) is -0.362. The van der Waals surface area contributed by atoms with E-state index in [0.717, 1.165) is 18.4 Å². The lowest BCUT2D eigenvalue weighted by atomic mass is 9.95. The number of hydrogen-bond acceptors (Lipinski definition) is 2. The van der Waals surface area contributed by atoms with Crippen molar-refractivity contribution in [3.63, 3.8) is 0 Å². The molecule has 3 heteroatoms. The molecule has 0 N–H and O–H groups in total. The molecule has 0 spiro atoms. The Morgan fingerprint density at radius 3 is 2.43 bits per heavy atom. The lowest BCUT2D eigenvalue weighted by Crippen LogP contribution is -2.17. The van der Waals surface area contributed by atoms with Crippen LogP contribution in [0.3, 0.4) is 0 Å². The molecule has 3 nitrogen and oxygen atoms in total. The van der Waals surface area contributed by atoms with Crippen LogP contribution in [0.4, 0.5) is 0 Å². The fourth-order valence-corrected chi connectivity index (χ4v) is 1.66. The maximum Gasteiger partial charge on any atom is 0.267 e. The molecule has 70 valence electrons. The summed E-state index contributed by atoms with van der Waals surface area (Å²) >= 11 is 0. The third-order valence-electron chi connectivity index (χ3n) is 2.63. The number of benzene rings is 1. The van der Waals surface area contributed by atoms with E-state index in [1.807, 2.05) is 30.3 Å². The van der Waals surface area contributed by atoms with Gasteiger partial charge in [0.2, 0.25) is 6.08 Å². The van der Waals surface area contributed by atoms with E-state index in [0.29, 0.717) is 0 Å². The lowest BCUT2D eigenvalue weighted by Gasteiger charge is -2.09. The van der Waals surface area contributed by atoms with Gasteiger partial charge in [0, 0.05) is 0 Å². The predicted octanol–water partition coefficient (Wildman–Crippen LogP) is 1.58. The first kappa shape index (κ1) is 8.85. The number of amides is 1. The van der Waals surface area contributed by atoms with Gasteiger partial charge in [-0.1, -0.05) is 30.3 Å². The topological polar surface area (TPSA) is 46.5 Å². The highest BCUT2D eigenvalue weighted by atomic mass is 16.2. The van der Waals surface area contributed by atoms with Gasteiger partial charge in [0.05, 0.1) is 5.41 Å². The summed E-state index contributed by atoms with van der Waals surface area (Å²) < 4.78 is 0. The van der Waals surface area contributed by atoms with E-state index in [4.69, 9.17) is 0 Å². The van der Waals surface area contributed by atoms with Crippen LogP contribution < -0.4 is 0 Å². The number of isocyanates is 1. The van der Waals surface area contributed by atoms with Gasteiger partial charge < -0.3 is 0 Å². The zero-order valence-corrected chi connectivity index (χ0v) is 7.56. The third-order valence-corrected chi connectivity index (χ3v) is 2.63. The zero-order valence-electron chi connectivity index (χ0n) is 7.56. The highest BCUT2D eigenvalue weighted by Crippen LogP contribution is 2.49. The minimum absolute atomic E-state index is 0.362. The van der Waals surface area contributed by atoms with Gasteiger partial charge in [-0.25, -0.2) is 4.79 Å². The summed E-state index contributed by atoms with van der Waals surface area (Å²) in [6.07, 6.45) is 2.87. The van der Waals surface area contributed by atoms with Gasteiger partial charge in [-0.05, 0) is 18.4 Å². The summed E-state index contributed by atoms with van der Waals surface area (Å²) in [7, 11) is 0. The lowest BCUT2D eigenvalue weighted by molar-refractivity contribution is -0.120. The average Bonchev–Trinajstić information content (AvgIpc) is 3.00. The Hall–Kier alpha value is -1.73. The molecule has 1 saturated carbocycles. The van der Waals surface area contributed by atoms with Gasteiger partial charge in [0.15, 0.2) is 0 Å². The molecular weight excluding hydrogens is 178 g/mol. The Morgan fingerprint density at radius 2 is 1.93 bits per heavy atom. The second kappa shape index (κ2) is 3.20. The van der Waals surface area contributed by atoms with E-state index in [-0.39, 0.29) is 5.91 Å². The summed E-state index contributed by atoms with van der Waals surface area (Å²) in [5.41, 5.74) is 0.433. The van der Waals surface area contributed by atoms with Crippen LogP contribution in [0.5, 0.6) is 0 Å². The Balaban J connectivity index is 2.34. The Kier molecular flexibility index (Phi) is 2.02. The third kappa shape index (κ3) is 1.28. The molecule has 1 aromatic rings. The molecule has 0 bridgehead atoms. The molecule has 0 aromatic heterocycles. The van der Waals surface area contributed by atoms with Crippen molar-refractivity contribution >= 4 is 12.0 Å². The predicted molar refractivity (Wildman–Crippen MR) is 50.5 cm³/mol. The van der Waals surface area contributed by atoms with Crippen LogP contribution in [0.25, 0.3) is 0 Å². The molecule has 1 aliphatic rings. The molecule has 0 saturated heterocycles. The van der Waals surface area contributed by atoms with E-state index in [2.05, 4.69) is 4.99 Å². The van der Waals surface area contributed by atoms with Gasteiger partial charge in [0.25, 0.3) is 5.91 Å². The summed E-state index contributed by atoms with van der Waals surface area (Å²) in [6, 6.07) is 9.45. The number of hydrogen-bond donors (Lipinski definition) is 0. The molecule has 1 amide bonds. The number of rotatable bonds is 2. The molecule has 1 aromatic carbocycles. The molecular formula is C11H9NO2. The van der Waals surface area contributed by atoms with Gasteiger partial charge in [-0.2, -0.15) is 0 Å². The average molecular weight is 187 g/mol. The van der Waals surface area contributed by atoms with Crippen molar-refractivity contribution in [2.75, 3.05) is 0 Å². The smallest absolute Gasteiger partial charge is 0.267 e. The molecule has 0 radical (unpaired) electrons. The van der Waals surface area contributed by atoms with Crippen molar-refractivity contribution < 1.29 is 9.59 Å². The van der Waals surface area contributed by atoms with Crippen molar-refractivity contribution in [2.24, 2.45) is 4.99 Å². The first-order chi connectivity index (χ1) is 6.79. The normalized spacial score (nSPS) is 16.9. The first-order valence-electron chi connectivity index (χ1n) is 4.47. The van der Waals surface area contributed by atoms with Crippen LogP contribution in [-0.4, -0.2) is 12.0 Å². The number of nitrogens with zero attached hydrogens (tertiary/aromatic N) is 1. The summed E-state index contributed by atoms with van der Waals surface area (Å²) in [5, 5.41) is 0. The highest BCUT2D eigenvalue weighted by Gasteiger charge is 2.51. The maximum atomic E-state index is 11.5. The maximum absolute atomic E-state index is 11.5. The van der Waals surface area contributed by atoms with Crippen LogP contribution >= 0.6 is 0 Å². The molecule has 0 atom stereocenters. The van der Waals surface area contributed by atoms with Gasteiger partial charge >= 0.3 is 0 Å². The van der Waals surface area contributed by atoms with Crippen molar-refractivity contribution in [2.45, 2.75) is 18.3 Å². The standard InChI is InChI=1S/C11H9NO2/c13-8-12-10(14)11(6-7-11)9-4-2-1-3-5-9/h1-5H,6-7H2. The minimum atomic E-state index is -0.515. The Labute approximate surface area is 81.5 Å². The van der Waals surface area contributed by atoms with E-state index in [1.165, 1.54) is 6.08 Å². The quantitative estimate of drug-likeness (QED) is 0.521. The fourth-order valence-electron chi connectivity index (χ4n) is 1.66. The minimum Gasteiger partial charge on any atom is -0.271 e. The van der Waals surface area contributed by atoms with Crippen molar-refractivity contribution in [3.8, 4) is 0 Å². The summed E-state index contributed by atoms with van der Waals surface area (Å²) in [4.78, 5) is 24.7. The number of aliphatic imine (C=N–C) groups is 1. The van der Waals surface area contributed by atoms with Crippen LogP contribution in [-0.2, 0) is 15.0 Å². The molecule has 2 rings (SSSR count). The van der Waals surface area contributed by atoms with Crippen LogP contribution in [0.2, 0.25) is 0 Å². The van der Waals surface area contributed by atoms with Gasteiger partial charge in [-0.3, -0.25) is 4.79 Å². The fraction of sp³-hybridized carbons (Fsp3) is 0.273.